The highest BCUT2D eigenvalue weighted by atomic mass is 35.5. The van der Waals surface area contributed by atoms with E-state index in [4.69, 9.17) is 11.6 Å². The molecule has 1 aromatic heterocycles. The molecule has 0 radical (unpaired) electrons. The van der Waals surface area contributed by atoms with Crippen LogP contribution in [0.5, 0.6) is 0 Å². The van der Waals surface area contributed by atoms with Gasteiger partial charge in [-0.2, -0.15) is 0 Å². The van der Waals surface area contributed by atoms with E-state index in [0.29, 0.717) is 0 Å². The number of hydrogen-bond donors (Lipinski definition) is 0. The number of benzene rings is 2. The highest BCUT2D eigenvalue weighted by Gasteiger charge is 2.16. The second kappa shape index (κ2) is 6.60. The van der Waals surface area contributed by atoms with Gasteiger partial charge in [-0.1, -0.05) is 53.8 Å². The van der Waals surface area contributed by atoms with Crippen molar-refractivity contribution in [1.29, 1.82) is 0 Å². The molecule has 1 unspecified atom stereocenters. The van der Waals surface area contributed by atoms with E-state index in [1.54, 1.807) is 23.1 Å². The molecule has 3 rings (SSSR count). The van der Waals surface area contributed by atoms with Crippen molar-refractivity contribution in [3.05, 3.63) is 65.2 Å². The number of hydrogen-bond acceptors (Lipinski definition) is 4. The lowest BCUT2D eigenvalue weighted by molar-refractivity contribution is 0.988. The zero-order valence-corrected chi connectivity index (χ0v) is 13.8. The molecule has 3 aromatic rings. The average Bonchev–Trinajstić information content (AvgIpc) is 3.05. The van der Waals surface area contributed by atoms with Crippen molar-refractivity contribution in [1.82, 2.24) is 10.2 Å². The first-order valence-electron chi connectivity index (χ1n) is 6.45. The van der Waals surface area contributed by atoms with Gasteiger partial charge >= 0.3 is 0 Å². The summed E-state index contributed by atoms with van der Waals surface area (Å²) in [7, 11) is 0. The van der Waals surface area contributed by atoms with Crippen molar-refractivity contribution in [3.63, 3.8) is 0 Å². The molecule has 0 aliphatic heterocycles. The Bertz CT molecular complexity index is 711. The highest BCUT2D eigenvalue weighted by molar-refractivity contribution is 7.98. The Morgan fingerprint density at radius 1 is 1.00 bits per heavy atom. The van der Waals surface area contributed by atoms with Crippen LogP contribution in [0.25, 0.3) is 10.6 Å². The Hall–Kier alpha value is -1.36. The van der Waals surface area contributed by atoms with Crippen molar-refractivity contribution >= 4 is 34.7 Å². The van der Waals surface area contributed by atoms with Crippen LogP contribution in [-0.4, -0.2) is 16.5 Å². The van der Waals surface area contributed by atoms with E-state index in [2.05, 4.69) is 40.7 Å². The van der Waals surface area contributed by atoms with E-state index in [1.807, 2.05) is 30.3 Å². The third-order valence-electron chi connectivity index (χ3n) is 3.09. The fourth-order valence-electron chi connectivity index (χ4n) is 1.95. The zero-order chi connectivity index (χ0) is 14.7. The van der Waals surface area contributed by atoms with Gasteiger partial charge in [0.15, 0.2) is 0 Å². The Labute approximate surface area is 137 Å². The van der Waals surface area contributed by atoms with Gasteiger partial charge in [0.05, 0.1) is 0 Å². The molecule has 0 spiro atoms. The van der Waals surface area contributed by atoms with Crippen LogP contribution in [-0.2, 0) is 0 Å². The molecule has 21 heavy (non-hydrogen) atoms. The zero-order valence-electron chi connectivity index (χ0n) is 11.4. The maximum Gasteiger partial charge on any atom is 0.147 e. The summed E-state index contributed by atoms with van der Waals surface area (Å²) in [5.74, 6) is 0. The van der Waals surface area contributed by atoms with Crippen molar-refractivity contribution < 1.29 is 0 Å². The van der Waals surface area contributed by atoms with Gasteiger partial charge in [-0.3, -0.25) is 0 Å². The number of alkyl halides is 1. The first-order chi connectivity index (χ1) is 10.3. The summed E-state index contributed by atoms with van der Waals surface area (Å²) in [6, 6.07) is 18.3. The molecule has 0 saturated carbocycles. The van der Waals surface area contributed by atoms with Crippen LogP contribution in [0.2, 0.25) is 0 Å². The highest BCUT2D eigenvalue weighted by Crippen LogP contribution is 2.34. The van der Waals surface area contributed by atoms with Gasteiger partial charge in [0, 0.05) is 10.5 Å². The molecule has 0 amide bonds. The van der Waals surface area contributed by atoms with Crippen LogP contribution in [0.3, 0.4) is 0 Å². The predicted molar refractivity (Wildman–Crippen MR) is 91.3 cm³/mol. The molecule has 0 aliphatic carbocycles. The van der Waals surface area contributed by atoms with Crippen molar-refractivity contribution in [2.24, 2.45) is 0 Å². The van der Waals surface area contributed by atoms with E-state index in [1.165, 1.54) is 4.90 Å². The minimum absolute atomic E-state index is 0.247. The molecule has 0 bridgehead atoms. The molecular formula is C16H13ClN2S2. The first-order valence-corrected chi connectivity index (χ1v) is 8.92. The number of rotatable bonds is 4. The third kappa shape index (κ3) is 3.28. The summed E-state index contributed by atoms with van der Waals surface area (Å²) in [6.45, 7) is 0. The first kappa shape index (κ1) is 14.6. The molecule has 0 N–H and O–H groups in total. The Morgan fingerprint density at radius 3 is 2.38 bits per heavy atom. The molecule has 1 heterocycles. The summed E-state index contributed by atoms with van der Waals surface area (Å²) in [6.07, 6.45) is 2.07. The van der Waals surface area contributed by atoms with Crippen LogP contribution in [0.1, 0.15) is 15.9 Å². The molecule has 2 nitrogen and oxygen atoms in total. The van der Waals surface area contributed by atoms with Crippen LogP contribution in [0.15, 0.2) is 59.5 Å². The fraction of sp³-hybridized carbons (Fsp3) is 0.125. The van der Waals surface area contributed by atoms with E-state index < -0.39 is 0 Å². The van der Waals surface area contributed by atoms with Gasteiger partial charge in [0.25, 0.3) is 0 Å². The maximum absolute atomic E-state index is 6.48. The summed E-state index contributed by atoms with van der Waals surface area (Å²) < 4.78 is 0. The van der Waals surface area contributed by atoms with Crippen LogP contribution >= 0.6 is 34.7 Å². The third-order valence-corrected chi connectivity index (χ3v) is 5.46. The Kier molecular flexibility index (Phi) is 4.58. The van der Waals surface area contributed by atoms with E-state index in [-0.39, 0.29) is 5.38 Å². The second-order valence-electron chi connectivity index (χ2n) is 4.45. The van der Waals surface area contributed by atoms with Crippen molar-refractivity contribution in [3.8, 4) is 10.6 Å². The Balaban J connectivity index is 1.85. The molecule has 1 atom stereocenters. The number of aromatic nitrogens is 2. The summed E-state index contributed by atoms with van der Waals surface area (Å²) in [5, 5.41) is 9.99. The molecule has 2 aromatic carbocycles. The molecule has 0 aliphatic rings. The lowest BCUT2D eigenvalue weighted by atomic mass is 10.1. The smallest absolute Gasteiger partial charge is 0.141 e. The average molecular weight is 333 g/mol. The van der Waals surface area contributed by atoms with E-state index >= 15 is 0 Å². The standard InChI is InChI=1S/C16H13ClN2S2/c1-20-13-9-7-12(8-10-13)15-18-19-16(21-15)14(17)11-5-3-2-4-6-11/h2-10,14H,1H3. The van der Waals surface area contributed by atoms with Gasteiger partial charge in [0.2, 0.25) is 0 Å². The quantitative estimate of drug-likeness (QED) is 0.481. The molecule has 5 heteroatoms. The van der Waals surface area contributed by atoms with E-state index in [0.717, 1.165) is 21.1 Å². The van der Waals surface area contributed by atoms with Gasteiger partial charge in [-0.25, -0.2) is 0 Å². The summed E-state index contributed by atoms with van der Waals surface area (Å²) >= 11 is 9.75. The summed E-state index contributed by atoms with van der Waals surface area (Å²) in [4.78, 5) is 1.24. The van der Waals surface area contributed by atoms with E-state index in [9.17, 15) is 0 Å². The predicted octanol–water partition coefficient (Wildman–Crippen LogP) is 5.26. The SMILES string of the molecule is CSc1ccc(-c2nnc(C(Cl)c3ccccc3)s2)cc1. The minimum Gasteiger partial charge on any atom is -0.141 e. The van der Waals surface area contributed by atoms with Gasteiger partial charge < -0.3 is 0 Å². The summed E-state index contributed by atoms with van der Waals surface area (Å²) in [5.41, 5.74) is 2.12. The fourth-order valence-corrected chi connectivity index (χ4v) is 3.54. The topological polar surface area (TPSA) is 25.8 Å². The second-order valence-corrected chi connectivity index (χ2v) is 6.77. The normalized spacial score (nSPS) is 12.3. The molecular weight excluding hydrogens is 320 g/mol. The van der Waals surface area contributed by atoms with Crippen molar-refractivity contribution in [2.75, 3.05) is 6.26 Å². The van der Waals surface area contributed by atoms with Crippen LogP contribution in [0, 0.1) is 0 Å². The number of thioether (sulfide) groups is 1. The number of nitrogens with zero attached hydrogens (tertiary/aromatic N) is 2. The molecule has 0 fully saturated rings. The van der Waals surface area contributed by atoms with Crippen molar-refractivity contribution in [2.45, 2.75) is 10.3 Å². The monoisotopic (exact) mass is 332 g/mol. The molecule has 0 saturated heterocycles. The minimum atomic E-state index is -0.247. The number of halogens is 1. The van der Waals surface area contributed by atoms with Gasteiger partial charge in [0.1, 0.15) is 15.4 Å². The lowest BCUT2D eigenvalue weighted by Crippen LogP contribution is -1.91. The van der Waals surface area contributed by atoms with Crippen LogP contribution in [0.4, 0.5) is 0 Å². The largest absolute Gasteiger partial charge is 0.147 e. The lowest BCUT2D eigenvalue weighted by Gasteiger charge is -2.04. The van der Waals surface area contributed by atoms with Gasteiger partial charge in [-0.15, -0.1) is 33.6 Å². The van der Waals surface area contributed by atoms with Crippen LogP contribution < -0.4 is 0 Å². The Morgan fingerprint density at radius 2 is 1.71 bits per heavy atom. The molecule has 106 valence electrons. The van der Waals surface area contributed by atoms with Gasteiger partial charge in [-0.05, 0) is 24.0 Å². The maximum atomic E-state index is 6.48.